The zero-order valence-corrected chi connectivity index (χ0v) is 17.1. The molecule has 1 aliphatic rings. The molecule has 8 heteroatoms. The number of benzene rings is 2. The highest BCUT2D eigenvalue weighted by Gasteiger charge is 2.37. The van der Waals surface area contributed by atoms with Crippen molar-refractivity contribution in [1.82, 2.24) is 9.29 Å². The molecular weight excluding hydrogens is 394 g/mol. The van der Waals surface area contributed by atoms with E-state index in [0.29, 0.717) is 18.1 Å². The van der Waals surface area contributed by atoms with E-state index in [0.717, 1.165) is 28.6 Å². The summed E-state index contributed by atoms with van der Waals surface area (Å²) in [5, 5.41) is 3.34. The number of anilines is 1. The van der Waals surface area contributed by atoms with Crippen LogP contribution in [0.3, 0.4) is 0 Å². The van der Waals surface area contributed by atoms with Gasteiger partial charge in [0, 0.05) is 6.54 Å². The molecule has 0 aliphatic carbocycles. The molecule has 1 atom stereocenters. The number of sulfonamides is 1. The smallest absolute Gasteiger partial charge is 0.244 e. The molecule has 2 aromatic carbocycles. The van der Waals surface area contributed by atoms with Gasteiger partial charge in [0.25, 0.3) is 0 Å². The van der Waals surface area contributed by atoms with Crippen LogP contribution in [0.25, 0.3) is 10.2 Å². The fraction of sp³-hybridized carbons (Fsp3) is 0.300. The number of thiazole rings is 1. The van der Waals surface area contributed by atoms with Gasteiger partial charge in [0.1, 0.15) is 6.04 Å². The summed E-state index contributed by atoms with van der Waals surface area (Å²) in [6.45, 7) is 2.32. The Labute approximate surface area is 168 Å². The molecule has 146 valence electrons. The van der Waals surface area contributed by atoms with Crippen LogP contribution < -0.4 is 5.32 Å². The maximum atomic E-state index is 13.1. The number of piperidine rings is 1. The zero-order chi connectivity index (χ0) is 19.7. The highest BCUT2D eigenvalue weighted by Crippen LogP contribution is 2.30. The van der Waals surface area contributed by atoms with Gasteiger partial charge in [-0.05, 0) is 43.5 Å². The maximum absolute atomic E-state index is 13.1. The lowest BCUT2D eigenvalue weighted by Gasteiger charge is -2.33. The average molecular weight is 416 g/mol. The lowest BCUT2D eigenvalue weighted by molar-refractivity contribution is -0.120. The van der Waals surface area contributed by atoms with Gasteiger partial charge in [-0.1, -0.05) is 48.1 Å². The fourth-order valence-electron chi connectivity index (χ4n) is 3.51. The van der Waals surface area contributed by atoms with Crippen molar-refractivity contribution in [3.63, 3.8) is 0 Å². The highest BCUT2D eigenvalue weighted by molar-refractivity contribution is 7.89. The van der Waals surface area contributed by atoms with Crippen molar-refractivity contribution in [2.45, 2.75) is 37.1 Å². The minimum Gasteiger partial charge on any atom is -0.301 e. The molecule has 0 spiro atoms. The summed E-state index contributed by atoms with van der Waals surface area (Å²) in [6.07, 6.45) is 2.07. The van der Waals surface area contributed by atoms with Gasteiger partial charge in [-0.3, -0.25) is 4.79 Å². The molecule has 1 amide bonds. The number of hydrogen-bond acceptors (Lipinski definition) is 5. The number of amides is 1. The molecule has 1 fully saturated rings. The van der Waals surface area contributed by atoms with Crippen molar-refractivity contribution in [2.75, 3.05) is 11.9 Å². The van der Waals surface area contributed by atoms with Crippen LogP contribution >= 0.6 is 11.3 Å². The molecule has 0 saturated carbocycles. The molecule has 0 unspecified atom stereocenters. The van der Waals surface area contributed by atoms with E-state index in [1.54, 1.807) is 30.3 Å². The van der Waals surface area contributed by atoms with Crippen LogP contribution in [0.1, 0.15) is 24.8 Å². The Morgan fingerprint density at radius 2 is 1.93 bits per heavy atom. The third-order valence-corrected chi connectivity index (χ3v) is 7.82. The van der Waals surface area contributed by atoms with Crippen LogP contribution in [0.4, 0.5) is 5.13 Å². The zero-order valence-electron chi connectivity index (χ0n) is 15.5. The number of rotatable bonds is 4. The molecule has 1 N–H and O–H groups in total. The number of aromatic nitrogens is 1. The highest BCUT2D eigenvalue weighted by atomic mass is 32.2. The Balaban J connectivity index is 1.60. The van der Waals surface area contributed by atoms with Gasteiger partial charge in [-0.25, -0.2) is 13.4 Å². The van der Waals surface area contributed by atoms with Gasteiger partial charge in [0.15, 0.2) is 5.13 Å². The number of carbonyl (C=O) groups is 1. The second kappa shape index (κ2) is 7.62. The molecule has 1 aliphatic heterocycles. The van der Waals surface area contributed by atoms with E-state index in [-0.39, 0.29) is 10.8 Å². The number of nitrogens with zero attached hydrogens (tertiary/aromatic N) is 2. The Morgan fingerprint density at radius 1 is 1.14 bits per heavy atom. The Morgan fingerprint density at radius 3 is 2.68 bits per heavy atom. The van der Waals surface area contributed by atoms with E-state index in [4.69, 9.17) is 0 Å². The SMILES string of the molecule is Cc1cccc2sc(NC(=O)[C@H]3CCCCN3S(=O)(=O)c3ccccc3)nc12. The summed E-state index contributed by atoms with van der Waals surface area (Å²) >= 11 is 1.40. The summed E-state index contributed by atoms with van der Waals surface area (Å²) in [5.41, 5.74) is 1.90. The Bertz CT molecular complexity index is 1110. The van der Waals surface area contributed by atoms with E-state index in [9.17, 15) is 13.2 Å². The predicted octanol–water partition coefficient (Wildman–Crippen LogP) is 3.79. The molecule has 4 rings (SSSR count). The molecule has 2 heterocycles. The number of aryl methyl sites for hydroxylation is 1. The summed E-state index contributed by atoms with van der Waals surface area (Å²) in [6, 6.07) is 13.4. The normalized spacial score (nSPS) is 18.2. The molecule has 0 radical (unpaired) electrons. The van der Waals surface area contributed by atoms with Gasteiger partial charge < -0.3 is 5.32 Å². The van der Waals surface area contributed by atoms with Gasteiger partial charge in [0.05, 0.1) is 15.1 Å². The van der Waals surface area contributed by atoms with E-state index in [1.807, 2.05) is 25.1 Å². The van der Waals surface area contributed by atoms with Crippen molar-refractivity contribution in [3.8, 4) is 0 Å². The monoisotopic (exact) mass is 415 g/mol. The van der Waals surface area contributed by atoms with E-state index in [1.165, 1.54) is 15.6 Å². The second-order valence-electron chi connectivity index (χ2n) is 6.87. The third kappa shape index (κ3) is 3.55. The molecular formula is C20H21N3O3S2. The number of hydrogen-bond donors (Lipinski definition) is 1. The predicted molar refractivity (Wildman–Crippen MR) is 111 cm³/mol. The Kier molecular flexibility index (Phi) is 5.18. The van der Waals surface area contributed by atoms with Gasteiger partial charge in [-0.2, -0.15) is 4.31 Å². The first kappa shape index (κ1) is 19.0. The lowest BCUT2D eigenvalue weighted by Crippen LogP contribution is -2.49. The van der Waals surface area contributed by atoms with Crippen molar-refractivity contribution in [3.05, 3.63) is 54.1 Å². The van der Waals surface area contributed by atoms with Gasteiger partial charge in [0.2, 0.25) is 15.9 Å². The Hall–Kier alpha value is -2.29. The number of fused-ring (bicyclic) bond motifs is 1. The average Bonchev–Trinajstić information content (AvgIpc) is 3.12. The number of carbonyl (C=O) groups excluding carboxylic acids is 1. The first-order valence-corrected chi connectivity index (χ1v) is 11.5. The fourth-order valence-corrected chi connectivity index (χ4v) is 6.14. The van der Waals surface area contributed by atoms with Crippen molar-refractivity contribution in [1.29, 1.82) is 0 Å². The molecule has 3 aromatic rings. The van der Waals surface area contributed by atoms with Crippen molar-refractivity contribution < 1.29 is 13.2 Å². The summed E-state index contributed by atoms with van der Waals surface area (Å²) in [7, 11) is -3.72. The first-order valence-electron chi connectivity index (χ1n) is 9.21. The third-order valence-electron chi connectivity index (χ3n) is 4.96. The van der Waals surface area contributed by atoms with Crippen molar-refractivity contribution >= 4 is 42.6 Å². The van der Waals surface area contributed by atoms with Crippen LogP contribution in [0, 0.1) is 6.92 Å². The summed E-state index contributed by atoms with van der Waals surface area (Å²) < 4.78 is 28.5. The van der Waals surface area contributed by atoms with E-state index in [2.05, 4.69) is 10.3 Å². The number of para-hydroxylation sites is 1. The van der Waals surface area contributed by atoms with Crippen LogP contribution in [-0.2, 0) is 14.8 Å². The first-order chi connectivity index (χ1) is 13.5. The summed E-state index contributed by atoms with van der Waals surface area (Å²) in [5.74, 6) is -0.323. The van der Waals surface area contributed by atoms with E-state index < -0.39 is 16.1 Å². The minimum atomic E-state index is -3.72. The number of nitrogens with one attached hydrogen (secondary N) is 1. The molecule has 1 saturated heterocycles. The maximum Gasteiger partial charge on any atom is 0.244 e. The largest absolute Gasteiger partial charge is 0.301 e. The van der Waals surface area contributed by atoms with Gasteiger partial charge >= 0.3 is 0 Å². The summed E-state index contributed by atoms with van der Waals surface area (Å²) in [4.78, 5) is 17.7. The molecule has 1 aromatic heterocycles. The van der Waals surface area contributed by atoms with E-state index >= 15 is 0 Å². The standard InChI is InChI=1S/C20H21N3O3S2/c1-14-8-7-12-17-18(14)21-20(27-17)22-19(24)16-11-5-6-13-23(16)28(25,26)15-9-3-2-4-10-15/h2-4,7-10,12,16H,5-6,11,13H2,1H3,(H,21,22,24)/t16-/m1/s1. The lowest BCUT2D eigenvalue weighted by atomic mass is 10.0. The van der Waals surface area contributed by atoms with Gasteiger partial charge in [-0.15, -0.1) is 0 Å². The van der Waals surface area contributed by atoms with Crippen LogP contribution in [0.15, 0.2) is 53.4 Å². The second-order valence-corrected chi connectivity index (χ2v) is 9.79. The molecule has 28 heavy (non-hydrogen) atoms. The van der Waals surface area contributed by atoms with Crippen molar-refractivity contribution in [2.24, 2.45) is 0 Å². The quantitative estimate of drug-likeness (QED) is 0.703. The minimum absolute atomic E-state index is 0.213. The van der Waals surface area contributed by atoms with Crippen LogP contribution in [-0.4, -0.2) is 36.2 Å². The van der Waals surface area contributed by atoms with Crippen LogP contribution in [0.5, 0.6) is 0 Å². The molecule has 0 bridgehead atoms. The molecule has 6 nitrogen and oxygen atoms in total. The topological polar surface area (TPSA) is 79.4 Å². The van der Waals surface area contributed by atoms with Crippen LogP contribution in [0.2, 0.25) is 0 Å².